The molecule has 1 saturated heterocycles. The van der Waals surface area contributed by atoms with Gasteiger partial charge in [0, 0.05) is 23.6 Å². The Kier molecular flexibility index (Phi) is 12.9. The average molecular weight is 627 g/mol. The number of carbonyl (C=O) groups is 1. The summed E-state index contributed by atoms with van der Waals surface area (Å²) < 4.78 is 56.5. The molecule has 0 bridgehead atoms. The predicted octanol–water partition coefficient (Wildman–Crippen LogP) is 9.44. The SMILES string of the molecule is C=C/C=C(\OC)C(C)(C)C(F)(F)F.CCc1cc2ncc(-c3ccc(CC(C)=O)c(F)c3)cc2cc1CCCN1CCCCC1. The van der Waals surface area contributed by atoms with Crippen LogP contribution in [0.15, 0.2) is 67.1 Å². The summed E-state index contributed by atoms with van der Waals surface area (Å²) in [4.78, 5) is 18.6. The normalized spacial score (nSPS) is 14.6. The van der Waals surface area contributed by atoms with Crippen molar-refractivity contribution in [3.05, 3.63) is 89.6 Å². The van der Waals surface area contributed by atoms with E-state index >= 15 is 0 Å². The second kappa shape index (κ2) is 16.2. The number of hydrogen-bond donors (Lipinski definition) is 0. The lowest BCUT2D eigenvalue weighted by Crippen LogP contribution is -2.34. The van der Waals surface area contributed by atoms with Gasteiger partial charge in [-0.05, 0) is 125 Å². The van der Waals surface area contributed by atoms with Crippen molar-refractivity contribution < 1.29 is 27.1 Å². The summed E-state index contributed by atoms with van der Waals surface area (Å²) in [7, 11) is 1.21. The lowest BCUT2D eigenvalue weighted by Gasteiger charge is -2.29. The number of ether oxygens (including phenoxy) is 1. The van der Waals surface area contributed by atoms with Crippen LogP contribution < -0.4 is 0 Å². The molecule has 0 amide bonds. The van der Waals surface area contributed by atoms with Gasteiger partial charge in [-0.2, -0.15) is 13.2 Å². The topological polar surface area (TPSA) is 42.4 Å². The number of allylic oxidation sites excluding steroid dienone is 3. The molecular weight excluding hydrogens is 580 g/mol. The van der Waals surface area contributed by atoms with Gasteiger partial charge in [0.25, 0.3) is 0 Å². The molecule has 1 fully saturated rings. The van der Waals surface area contributed by atoms with Gasteiger partial charge in [-0.3, -0.25) is 9.78 Å². The Hall–Kier alpha value is -3.52. The molecule has 1 aromatic heterocycles. The number of rotatable bonds is 11. The van der Waals surface area contributed by atoms with Crippen molar-refractivity contribution >= 4 is 16.7 Å². The van der Waals surface area contributed by atoms with Gasteiger partial charge < -0.3 is 9.64 Å². The van der Waals surface area contributed by atoms with Crippen LogP contribution in [0.1, 0.15) is 70.1 Å². The number of carbonyl (C=O) groups excluding carboxylic acids is 1. The molecule has 2 heterocycles. The molecule has 0 spiro atoms. The number of alkyl halides is 3. The molecule has 1 aliphatic rings. The molecule has 0 unspecified atom stereocenters. The van der Waals surface area contributed by atoms with Gasteiger partial charge in [0.1, 0.15) is 22.8 Å². The fourth-order valence-electron chi connectivity index (χ4n) is 5.58. The van der Waals surface area contributed by atoms with Gasteiger partial charge in [-0.25, -0.2) is 4.39 Å². The Labute approximate surface area is 265 Å². The quantitative estimate of drug-likeness (QED) is 0.121. The molecule has 45 heavy (non-hydrogen) atoms. The number of nitrogens with zero attached hydrogens (tertiary/aromatic N) is 2. The number of ketones is 1. The zero-order valence-corrected chi connectivity index (χ0v) is 27.2. The van der Waals surface area contributed by atoms with E-state index in [-0.39, 0.29) is 23.8 Å². The van der Waals surface area contributed by atoms with E-state index in [0.29, 0.717) is 5.56 Å². The first kappa shape index (κ1) is 36.0. The second-order valence-corrected chi connectivity index (χ2v) is 12.2. The first-order valence-electron chi connectivity index (χ1n) is 15.7. The van der Waals surface area contributed by atoms with E-state index < -0.39 is 11.6 Å². The predicted molar refractivity (Wildman–Crippen MR) is 175 cm³/mol. The van der Waals surface area contributed by atoms with E-state index in [9.17, 15) is 22.4 Å². The highest BCUT2D eigenvalue weighted by Gasteiger charge is 2.50. The minimum absolute atomic E-state index is 0.0384. The smallest absolute Gasteiger partial charge is 0.400 e. The molecule has 0 N–H and O–H groups in total. The highest BCUT2D eigenvalue weighted by molar-refractivity contribution is 5.85. The van der Waals surface area contributed by atoms with Crippen molar-refractivity contribution in [1.29, 1.82) is 0 Å². The molecule has 8 heteroatoms. The van der Waals surface area contributed by atoms with Gasteiger partial charge in [0.15, 0.2) is 0 Å². The van der Waals surface area contributed by atoms with Crippen molar-refractivity contribution in [3.8, 4) is 11.1 Å². The fourth-order valence-corrected chi connectivity index (χ4v) is 5.58. The van der Waals surface area contributed by atoms with Gasteiger partial charge in [0.05, 0.1) is 12.6 Å². The first-order valence-corrected chi connectivity index (χ1v) is 15.7. The van der Waals surface area contributed by atoms with Crippen molar-refractivity contribution in [2.75, 3.05) is 26.7 Å². The van der Waals surface area contributed by atoms with Crippen LogP contribution in [-0.4, -0.2) is 48.6 Å². The Balaban J connectivity index is 0.000000360. The third-order valence-corrected chi connectivity index (χ3v) is 8.39. The van der Waals surface area contributed by atoms with Crippen LogP contribution in [0.25, 0.3) is 22.0 Å². The maximum atomic E-state index is 14.5. The summed E-state index contributed by atoms with van der Waals surface area (Å²) >= 11 is 0. The molecule has 2 aromatic carbocycles. The lowest BCUT2D eigenvalue weighted by molar-refractivity contribution is -0.207. The van der Waals surface area contributed by atoms with E-state index in [2.05, 4.69) is 46.3 Å². The highest BCUT2D eigenvalue weighted by atomic mass is 19.4. The van der Waals surface area contributed by atoms with Crippen molar-refractivity contribution in [2.45, 2.75) is 78.8 Å². The summed E-state index contributed by atoms with van der Waals surface area (Å²) in [6, 6.07) is 11.7. The standard InChI is InChI=1S/C28H33FN2O.C9H13F3O/c1-3-21-18-28-25(15-22(21)8-7-13-31-11-5-4-6-12-31)16-26(19-30-28)23-9-10-24(14-20(2)32)27(29)17-23;1-5-6-7(13-4)8(2,3)9(10,11)12/h9-10,15-19H,3-8,11-14H2,1-2H3;5-6H,1H2,2-4H3/b;7-6-. The Morgan fingerprint density at radius 1 is 1.02 bits per heavy atom. The number of aromatic nitrogens is 1. The minimum Gasteiger partial charge on any atom is -0.500 e. The highest BCUT2D eigenvalue weighted by Crippen LogP contribution is 2.43. The molecule has 4 nitrogen and oxygen atoms in total. The zero-order valence-electron chi connectivity index (χ0n) is 27.2. The number of halogens is 4. The maximum absolute atomic E-state index is 14.5. The van der Waals surface area contributed by atoms with E-state index in [1.165, 1.54) is 88.7 Å². The lowest BCUT2D eigenvalue weighted by atomic mass is 9.89. The second-order valence-electron chi connectivity index (χ2n) is 12.2. The van der Waals surface area contributed by atoms with Crippen LogP contribution in [0.3, 0.4) is 0 Å². The Morgan fingerprint density at radius 3 is 2.31 bits per heavy atom. The van der Waals surface area contributed by atoms with Gasteiger partial charge >= 0.3 is 6.18 Å². The van der Waals surface area contributed by atoms with Gasteiger partial charge in [-0.15, -0.1) is 0 Å². The van der Waals surface area contributed by atoms with Gasteiger partial charge in [-0.1, -0.05) is 38.1 Å². The Morgan fingerprint density at radius 2 is 1.73 bits per heavy atom. The van der Waals surface area contributed by atoms with Crippen LogP contribution in [0.2, 0.25) is 0 Å². The monoisotopic (exact) mass is 626 g/mol. The van der Waals surface area contributed by atoms with Crippen molar-refractivity contribution in [3.63, 3.8) is 0 Å². The number of Topliss-reactive ketones (excluding diaryl/α,β-unsaturated/α-hetero) is 1. The van der Waals surface area contributed by atoms with Crippen molar-refractivity contribution in [1.82, 2.24) is 9.88 Å². The summed E-state index contributed by atoms with van der Waals surface area (Å²) in [5, 5.41) is 1.10. The molecule has 1 aliphatic heterocycles. The fraction of sp³-hybridized carbons (Fsp3) is 0.459. The molecule has 3 aromatic rings. The van der Waals surface area contributed by atoms with Crippen LogP contribution in [0.4, 0.5) is 17.6 Å². The maximum Gasteiger partial charge on any atom is 0.400 e. The number of benzene rings is 2. The molecular formula is C37H46F4N2O2. The average Bonchev–Trinajstić information content (AvgIpc) is 3.00. The Bertz CT molecular complexity index is 1490. The summed E-state index contributed by atoms with van der Waals surface area (Å²) in [5.74, 6) is -0.518. The molecule has 0 aliphatic carbocycles. The zero-order chi connectivity index (χ0) is 33.2. The van der Waals surface area contributed by atoms with Crippen LogP contribution in [-0.2, 0) is 28.8 Å². The number of pyridine rings is 1. The largest absolute Gasteiger partial charge is 0.500 e. The van der Waals surface area contributed by atoms with E-state index in [1.54, 1.807) is 6.07 Å². The molecule has 0 atom stereocenters. The van der Waals surface area contributed by atoms with E-state index in [4.69, 9.17) is 0 Å². The minimum atomic E-state index is -4.32. The summed E-state index contributed by atoms with van der Waals surface area (Å²) in [5.41, 5.74) is 3.91. The van der Waals surface area contributed by atoms with Crippen LogP contribution in [0, 0.1) is 11.2 Å². The summed E-state index contributed by atoms with van der Waals surface area (Å²) in [6.45, 7) is 12.8. The number of fused-ring (bicyclic) bond motifs is 1. The van der Waals surface area contributed by atoms with E-state index in [0.717, 1.165) is 48.7 Å². The number of likely N-dealkylation sites (tertiary alicyclic amines) is 1. The number of aryl methyl sites for hydroxylation is 2. The molecule has 0 radical (unpaired) electrons. The third-order valence-electron chi connectivity index (χ3n) is 8.39. The number of piperidine rings is 1. The number of methoxy groups -OCH3 is 1. The van der Waals surface area contributed by atoms with Crippen LogP contribution >= 0.6 is 0 Å². The van der Waals surface area contributed by atoms with Gasteiger partial charge in [0.2, 0.25) is 0 Å². The summed E-state index contributed by atoms with van der Waals surface area (Å²) in [6.07, 6.45) is 7.41. The van der Waals surface area contributed by atoms with Crippen LogP contribution in [0.5, 0.6) is 0 Å². The third kappa shape index (κ3) is 9.73. The van der Waals surface area contributed by atoms with Crippen molar-refractivity contribution in [2.24, 2.45) is 5.41 Å². The molecule has 244 valence electrons. The van der Waals surface area contributed by atoms with E-state index in [1.807, 2.05) is 12.3 Å². The molecule has 0 saturated carbocycles. The first-order chi connectivity index (χ1) is 21.3. The number of hydrogen-bond acceptors (Lipinski definition) is 4. The molecule has 4 rings (SSSR count).